The van der Waals surface area contributed by atoms with E-state index in [0.717, 1.165) is 24.8 Å². The van der Waals surface area contributed by atoms with Crippen LogP contribution in [0.15, 0.2) is 12.2 Å². The van der Waals surface area contributed by atoms with Crippen LogP contribution in [0.1, 0.15) is 73.6 Å². The normalized spacial score (nSPS) is 51.0. The molecule has 33 heavy (non-hydrogen) atoms. The molecule has 5 heterocycles. The lowest BCUT2D eigenvalue weighted by atomic mass is 9.58. The predicted octanol–water partition coefficient (Wildman–Crippen LogP) is 4.63. The van der Waals surface area contributed by atoms with Gasteiger partial charge in [-0.15, -0.1) is 0 Å². The Morgan fingerprint density at radius 2 is 1.79 bits per heavy atom. The summed E-state index contributed by atoms with van der Waals surface area (Å²) in [5, 5.41) is 0. The lowest BCUT2D eigenvalue weighted by Gasteiger charge is -2.60. The largest absolute Gasteiger partial charge is 0.352 e. The SMILES string of the molecule is C=C(C)C1OOC(C)(C)OC1CCO[C@H]1O[C@@H]2O[C@@]3(C)CC[C@H]4[C@H](C)CC[C@@H]([C@H]1C)[C@@]24OO3. The summed E-state index contributed by atoms with van der Waals surface area (Å²) in [6.45, 7) is 16.5. The van der Waals surface area contributed by atoms with Gasteiger partial charge in [0, 0.05) is 24.7 Å². The molecule has 0 N–H and O–H groups in total. The van der Waals surface area contributed by atoms with E-state index in [2.05, 4.69) is 20.4 Å². The smallest absolute Gasteiger partial charge is 0.201 e. The van der Waals surface area contributed by atoms with Gasteiger partial charge in [-0.25, -0.2) is 19.6 Å². The first-order valence-corrected chi connectivity index (χ1v) is 12.5. The van der Waals surface area contributed by atoms with Crippen molar-refractivity contribution >= 4 is 0 Å². The Bertz CT molecular complexity index is 757. The van der Waals surface area contributed by atoms with E-state index in [9.17, 15) is 0 Å². The Hall–Kier alpha value is -0.580. The maximum atomic E-state index is 6.50. The molecule has 8 nitrogen and oxygen atoms in total. The van der Waals surface area contributed by atoms with Crippen LogP contribution in [-0.4, -0.2) is 48.6 Å². The first-order chi connectivity index (χ1) is 15.5. The molecule has 1 saturated carbocycles. The van der Waals surface area contributed by atoms with E-state index in [1.165, 1.54) is 6.42 Å². The lowest BCUT2D eigenvalue weighted by Crippen LogP contribution is -2.70. The number of rotatable bonds is 5. The summed E-state index contributed by atoms with van der Waals surface area (Å²) in [6, 6.07) is 0. The lowest BCUT2D eigenvalue weighted by molar-refractivity contribution is -0.577. The predicted molar refractivity (Wildman–Crippen MR) is 117 cm³/mol. The average molecular weight is 469 g/mol. The zero-order valence-corrected chi connectivity index (χ0v) is 20.8. The molecule has 5 aliphatic heterocycles. The average Bonchev–Trinajstić information content (AvgIpc) is 2.97. The van der Waals surface area contributed by atoms with Crippen LogP contribution in [-0.2, 0) is 38.5 Å². The molecule has 188 valence electrons. The third-order valence-corrected chi connectivity index (χ3v) is 8.39. The van der Waals surface area contributed by atoms with Crippen molar-refractivity contribution in [3.05, 3.63) is 12.2 Å². The van der Waals surface area contributed by atoms with Crippen molar-refractivity contribution in [2.75, 3.05) is 6.61 Å². The summed E-state index contributed by atoms with van der Waals surface area (Å²) < 4.78 is 25.3. The molecule has 6 rings (SSSR count). The second kappa shape index (κ2) is 8.52. The maximum Gasteiger partial charge on any atom is 0.201 e. The zero-order chi connectivity index (χ0) is 23.6. The van der Waals surface area contributed by atoms with Gasteiger partial charge in [0.1, 0.15) is 6.10 Å². The quantitative estimate of drug-likeness (QED) is 0.427. The maximum absolute atomic E-state index is 6.50. The molecular weight excluding hydrogens is 428 g/mol. The van der Waals surface area contributed by atoms with Crippen molar-refractivity contribution in [3.8, 4) is 0 Å². The highest BCUT2D eigenvalue weighted by Crippen LogP contribution is 2.60. The Labute approximate surface area is 197 Å². The molecule has 5 saturated heterocycles. The minimum absolute atomic E-state index is 0.145. The van der Waals surface area contributed by atoms with Crippen LogP contribution in [0.4, 0.5) is 0 Å². The molecule has 8 heteroatoms. The van der Waals surface area contributed by atoms with E-state index in [4.69, 9.17) is 38.5 Å². The van der Waals surface area contributed by atoms with Gasteiger partial charge in [-0.05, 0) is 64.4 Å². The van der Waals surface area contributed by atoms with E-state index < -0.39 is 23.5 Å². The molecule has 0 radical (unpaired) electrons. The molecule has 1 spiro atoms. The van der Waals surface area contributed by atoms with E-state index in [1.54, 1.807) is 0 Å². The molecule has 0 aromatic carbocycles. The topological polar surface area (TPSA) is 73.8 Å². The van der Waals surface area contributed by atoms with Crippen LogP contribution in [0.25, 0.3) is 0 Å². The van der Waals surface area contributed by atoms with Crippen LogP contribution in [0.5, 0.6) is 0 Å². The molecule has 10 atom stereocenters. The fraction of sp³-hybridized carbons (Fsp3) is 0.920. The van der Waals surface area contributed by atoms with E-state index in [-0.39, 0.29) is 30.3 Å². The number of hydrogen-bond acceptors (Lipinski definition) is 8. The van der Waals surface area contributed by atoms with Gasteiger partial charge in [-0.1, -0.05) is 20.4 Å². The second-order valence-corrected chi connectivity index (χ2v) is 11.4. The van der Waals surface area contributed by atoms with Crippen molar-refractivity contribution in [1.82, 2.24) is 0 Å². The van der Waals surface area contributed by atoms with Gasteiger partial charge < -0.3 is 18.9 Å². The van der Waals surface area contributed by atoms with Crippen LogP contribution >= 0.6 is 0 Å². The Kier molecular flexibility index (Phi) is 6.23. The fourth-order valence-corrected chi connectivity index (χ4v) is 6.65. The summed E-state index contributed by atoms with van der Waals surface area (Å²) in [7, 11) is 0. The van der Waals surface area contributed by atoms with E-state index >= 15 is 0 Å². The third-order valence-electron chi connectivity index (χ3n) is 8.39. The second-order valence-electron chi connectivity index (χ2n) is 11.4. The highest BCUT2D eigenvalue weighted by molar-refractivity contribution is 5.09. The van der Waals surface area contributed by atoms with Gasteiger partial charge in [0.25, 0.3) is 0 Å². The summed E-state index contributed by atoms with van der Waals surface area (Å²) >= 11 is 0. The van der Waals surface area contributed by atoms with Gasteiger partial charge in [-0.2, -0.15) is 0 Å². The molecule has 2 unspecified atom stereocenters. The number of fused-ring (bicyclic) bond motifs is 2. The number of ether oxygens (including phenoxy) is 4. The zero-order valence-electron chi connectivity index (χ0n) is 20.8. The Morgan fingerprint density at radius 3 is 2.55 bits per heavy atom. The minimum Gasteiger partial charge on any atom is -0.352 e. The van der Waals surface area contributed by atoms with Crippen LogP contribution in [0.3, 0.4) is 0 Å². The van der Waals surface area contributed by atoms with Crippen molar-refractivity contribution in [2.24, 2.45) is 23.7 Å². The highest BCUT2D eigenvalue weighted by atomic mass is 17.3. The van der Waals surface area contributed by atoms with Crippen molar-refractivity contribution in [3.63, 3.8) is 0 Å². The Morgan fingerprint density at radius 1 is 1.00 bits per heavy atom. The van der Waals surface area contributed by atoms with Gasteiger partial charge in [-0.3, -0.25) is 0 Å². The van der Waals surface area contributed by atoms with Crippen LogP contribution < -0.4 is 0 Å². The van der Waals surface area contributed by atoms with Crippen LogP contribution in [0.2, 0.25) is 0 Å². The van der Waals surface area contributed by atoms with Gasteiger partial charge in [0.2, 0.25) is 5.79 Å². The molecule has 0 amide bonds. The van der Waals surface area contributed by atoms with Crippen LogP contribution in [0, 0.1) is 23.7 Å². The van der Waals surface area contributed by atoms with Crippen molar-refractivity contribution in [1.29, 1.82) is 0 Å². The van der Waals surface area contributed by atoms with E-state index in [0.29, 0.717) is 24.9 Å². The fourth-order valence-electron chi connectivity index (χ4n) is 6.65. The molecule has 6 aliphatic rings. The first-order valence-electron chi connectivity index (χ1n) is 12.5. The molecule has 2 bridgehead atoms. The minimum atomic E-state index is -0.814. The number of hydrogen-bond donors (Lipinski definition) is 0. The molecular formula is C25H40O8. The summed E-state index contributed by atoms with van der Waals surface area (Å²) in [6.07, 6.45) is 3.24. The van der Waals surface area contributed by atoms with Crippen molar-refractivity contribution in [2.45, 2.75) is 116 Å². The van der Waals surface area contributed by atoms with Gasteiger partial charge in [0.05, 0.1) is 12.7 Å². The molecule has 6 fully saturated rings. The van der Waals surface area contributed by atoms with Gasteiger partial charge in [0.15, 0.2) is 24.0 Å². The standard InChI is InChI=1S/C25H40O8/c1-14(2)20-19(28-23(5,6)31-30-20)11-13-26-21-16(4)18-9-8-15(3)17-10-12-24(7)29-22(27-21)25(17,18)33-32-24/h15-22H,1,8-13H2,2-7H3/t15-,16-,17+,18+,19?,20?,21+,22-,24-,25-/m1/s1. The third kappa shape index (κ3) is 4.10. The highest BCUT2D eigenvalue weighted by Gasteiger charge is 2.69. The molecule has 0 aromatic heterocycles. The molecule has 0 aromatic rings. The van der Waals surface area contributed by atoms with Crippen molar-refractivity contribution < 1.29 is 38.5 Å². The summed E-state index contributed by atoms with van der Waals surface area (Å²) in [4.78, 5) is 23.0. The summed E-state index contributed by atoms with van der Waals surface area (Å²) in [5.41, 5.74) is 0.287. The Balaban J connectivity index is 1.29. The summed E-state index contributed by atoms with van der Waals surface area (Å²) in [5.74, 6) is -0.318. The first kappa shape index (κ1) is 24.1. The van der Waals surface area contributed by atoms with E-state index in [1.807, 2.05) is 27.7 Å². The van der Waals surface area contributed by atoms with Gasteiger partial charge >= 0.3 is 0 Å². The monoisotopic (exact) mass is 468 g/mol. The molecule has 1 aliphatic carbocycles.